The van der Waals surface area contributed by atoms with E-state index in [9.17, 15) is 4.79 Å². The maximum Gasteiger partial charge on any atom is 0.333 e. The van der Waals surface area contributed by atoms with E-state index in [2.05, 4.69) is 49.8 Å². The van der Waals surface area contributed by atoms with Gasteiger partial charge in [0, 0.05) is 0 Å². The number of hydrogen-bond donors (Lipinski definition) is 0. The normalized spacial score (nSPS) is 11.0. The van der Waals surface area contributed by atoms with Crippen LogP contribution in [0.3, 0.4) is 0 Å². The van der Waals surface area contributed by atoms with Crippen molar-refractivity contribution in [1.82, 2.24) is 45.3 Å². The molecule has 2 aromatic heterocycles. The molecule has 3 aromatic rings. The van der Waals surface area contributed by atoms with Gasteiger partial charge in [0.15, 0.2) is 0 Å². The third-order valence-electron chi connectivity index (χ3n) is 3.75. The Morgan fingerprint density at radius 3 is 2.27 bits per heavy atom. The molecule has 0 bridgehead atoms. The Morgan fingerprint density at radius 1 is 1.00 bits per heavy atom. The first-order valence-electron chi connectivity index (χ1n) is 8.22. The summed E-state index contributed by atoms with van der Waals surface area (Å²) in [6, 6.07) is 8.80. The van der Waals surface area contributed by atoms with Crippen LogP contribution in [0.25, 0.3) is 11.6 Å². The van der Waals surface area contributed by atoms with E-state index in [0.29, 0.717) is 24.1 Å². The zero-order chi connectivity index (χ0) is 18.4. The number of ether oxygens (including phenoxy) is 1. The molecule has 11 nitrogen and oxygen atoms in total. The highest BCUT2D eigenvalue weighted by Gasteiger charge is 2.20. The fourth-order valence-corrected chi connectivity index (χ4v) is 2.32. The van der Waals surface area contributed by atoms with E-state index < -0.39 is 5.97 Å². The molecule has 2 heterocycles. The number of rotatable bonds is 8. The monoisotopic (exact) mass is 357 g/mol. The number of benzene rings is 1. The smallest absolute Gasteiger partial charge is 0.333 e. The summed E-state index contributed by atoms with van der Waals surface area (Å²) in [6.45, 7) is 6.15. The molecule has 0 unspecified atom stereocenters. The molecule has 0 amide bonds. The second-order valence-electron chi connectivity index (χ2n) is 5.39. The van der Waals surface area contributed by atoms with Gasteiger partial charge in [0.05, 0.1) is 6.67 Å². The first-order chi connectivity index (χ1) is 12.7. The van der Waals surface area contributed by atoms with Gasteiger partial charge in [-0.3, -0.25) is 4.90 Å². The van der Waals surface area contributed by atoms with Gasteiger partial charge < -0.3 is 4.74 Å². The average molecular weight is 357 g/mol. The Morgan fingerprint density at radius 2 is 1.62 bits per heavy atom. The van der Waals surface area contributed by atoms with Crippen LogP contribution in [-0.2, 0) is 18.0 Å². The summed E-state index contributed by atoms with van der Waals surface area (Å²) < 4.78 is 8.18. The molecule has 3 rings (SSSR count). The van der Waals surface area contributed by atoms with Gasteiger partial charge in [-0.2, -0.15) is 0 Å². The molecule has 0 fully saturated rings. The summed E-state index contributed by atoms with van der Waals surface area (Å²) in [7, 11) is 0. The minimum absolute atomic E-state index is 0.157. The minimum atomic E-state index is -0.493. The lowest BCUT2D eigenvalue weighted by molar-refractivity contribution is -0.135. The van der Waals surface area contributed by atoms with E-state index in [0.717, 1.165) is 13.1 Å². The van der Waals surface area contributed by atoms with E-state index in [1.807, 2.05) is 6.07 Å². The lowest BCUT2D eigenvalue weighted by Gasteiger charge is -2.17. The van der Waals surface area contributed by atoms with Crippen LogP contribution in [0.4, 0.5) is 0 Å². The van der Waals surface area contributed by atoms with Crippen LogP contribution in [0.5, 0.6) is 5.75 Å². The first kappa shape index (κ1) is 17.6. The Labute approximate surface area is 149 Å². The van der Waals surface area contributed by atoms with Crippen LogP contribution in [0.2, 0.25) is 0 Å². The molecule has 0 saturated carbocycles. The van der Waals surface area contributed by atoms with Gasteiger partial charge in [-0.15, -0.1) is 10.2 Å². The minimum Gasteiger partial charge on any atom is -0.425 e. The Balaban J connectivity index is 1.75. The molecular weight excluding hydrogens is 338 g/mol. The second-order valence-corrected chi connectivity index (χ2v) is 5.39. The Hall–Kier alpha value is -3.21. The van der Waals surface area contributed by atoms with Gasteiger partial charge in [-0.1, -0.05) is 32.0 Å². The maximum absolute atomic E-state index is 12.2. The summed E-state index contributed by atoms with van der Waals surface area (Å²) in [6.07, 6.45) is 0. The number of hydrogen-bond acceptors (Lipinski definition) is 9. The van der Waals surface area contributed by atoms with Crippen molar-refractivity contribution < 1.29 is 9.53 Å². The molecule has 0 radical (unpaired) electrons. The quantitative estimate of drug-likeness (QED) is 0.412. The van der Waals surface area contributed by atoms with Gasteiger partial charge >= 0.3 is 5.97 Å². The van der Waals surface area contributed by atoms with E-state index >= 15 is 0 Å². The molecule has 0 spiro atoms. The molecular formula is C15H19N9O2. The van der Waals surface area contributed by atoms with E-state index in [1.54, 1.807) is 28.9 Å². The molecule has 0 aliphatic rings. The molecule has 136 valence electrons. The molecule has 0 aliphatic heterocycles. The van der Waals surface area contributed by atoms with Crippen LogP contribution in [0, 0.1) is 0 Å². The SMILES string of the molecule is CCN(CC)Cn1nnnc1-c1nnnn1CC(=O)Oc1ccccc1. The maximum atomic E-state index is 12.2. The van der Waals surface area contributed by atoms with Crippen LogP contribution < -0.4 is 4.74 Å². The van der Waals surface area contributed by atoms with Crippen molar-refractivity contribution >= 4 is 5.97 Å². The number of para-hydroxylation sites is 1. The predicted molar refractivity (Wildman–Crippen MR) is 89.6 cm³/mol. The number of esters is 1. The molecule has 0 aliphatic carbocycles. The highest BCUT2D eigenvalue weighted by Crippen LogP contribution is 2.13. The number of aromatic nitrogens is 8. The summed E-state index contributed by atoms with van der Waals surface area (Å²) >= 11 is 0. The zero-order valence-corrected chi connectivity index (χ0v) is 14.6. The fraction of sp³-hybridized carbons (Fsp3) is 0.400. The standard InChI is InChI=1S/C15H19N9O2/c1-3-22(4-2)11-24-15(17-19-21-24)14-16-18-20-23(14)10-13(25)26-12-8-6-5-7-9-12/h5-9H,3-4,10-11H2,1-2H3. The van der Waals surface area contributed by atoms with Crippen molar-refractivity contribution in [3.8, 4) is 17.4 Å². The van der Waals surface area contributed by atoms with E-state index in [1.165, 1.54) is 4.68 Å². The van der Waals surface area contributed by atoms with E-state index in [-0.39, 0.29) is 6.54 Å². The van der Waals surface area contributed by atoms with Crippen LogP contribution >= 0.6 is 0 Å². The largest absolute Gasteiger partial charge is 0.425 e. The topological polar surface area (TPSA) is 117 Å². The highest BCUT2D eigenvalue weighted by molar-refractivity contribution is 5.72. The zero-order valence-electron chi connectivity index (χ0n) is 14.6. The number of carbonyl (C=O) groups excluding carboxylic acids is 1. The Kier molecular flexibility index (Phi) is 5.59. The summed E-state index contributed by atoms with van der Waals surface area (Å²) in [5, 5.41) is 23.1. The first-order valence-corrected chi connectivity index (χ1v) is 8.22. The van der Waals surface area contributed by atoms with Gasteiger partial charge in [0.25, 0.3) is 0 Å². The third kappa shape index (κ3) is 4.06. The Bertz CT molecular complexity index is 842. The lowest BCUT2D eigenvalue weighted by atomic mass is 10.3. The number of nitrogens with zero attached hydrogens (tertiary/aromatic N) is 9. The molecule has 26 heavy (non-hydrogen) atoms. The van der Waals surface area contributed by atoms with Gasteiger partial charge in [-0.25, -0.2) is 14.2 Å². The van der Waals surface area contributed by atoms with Crippen molar-refractivity contribution in [2.75, 3.05) is 13.1 Å². The third-order valence-corrected chi connectivity index (χ3v) is 3.75. The number of carbonyl (C=O) groups is 1. The van der Waals surface area contributed by atoms with Crippen molar-refractivity contribution in [3.05, 3.63) is 30.3 Å². The summed E-state index contributed by atoms with van der Waals surface area (Å²) in [4.78, 5) is 14.3. The highest BCUT2D eigenvalue weighted by atomic mass is 16.5. The van der Waals surface area contributed by atoms with Gasteiger partial charge in [-0.05, 0) is 46.1 Å². The van der Waals surface area contributed by atoms with Gasteiger partial charge in [0.1, 0.15) is 12.3 Å². The van der Waals surface area contributed by atoms with E-state index in [4.69, 9.17) is 4.74 Å². The van der Waals surface area contributed by atoms with Crippen LogP contribution in [0.1, 0.15) is 13.8 Å². The van der Waals surface area contributed by atoms with Crippen molar-refractivity contribution in [2.45, 2.75) is 27.1 Å². The summed E-state index contributed by atoms with van der Waals surface area (Å²) in [5.41, 5.74) is 0. The van der Waals surface area contributed by atoms with Crippen LogP contribution in [-0.4, -0.2) is 64.4 Å². The molecule has 0 saturated heterocycles. The van der Waals surface area contributed by atoms with Crippen molar-refractivity contribution in [3.63, 3.8) is 0 Å². The molecule has 0 N–H and O–H groups in total. The molecule has 0 atom stereocenters. The lowest BCUT2D eigenvalue weighted by Crippen LogP contribution is -2.27. The predicted octanol–water partition coefficient (Wildman–Crippen LogP) is 0.232. The summed E-state index contributed by atoms with van der Waals surface area (Å²) in [5.74, 6) is 0.646. The fourth-order valence-electron chi connectivity index (χ4n) is 2.32. The van der Waals surface area contributed by atoms with Crippen molar-refractivity contribution in [1.29, 1.82) is 0 Å². The molecule has 11 heteroatoms. The number of tetrazole rings is 2. The van der Waals surface area contributed by atoms with Crippen LogP contribution in [0.15, 0.2) is 30.3 Å². The molecule has 1 aromatic carbocycles. The average Bonchev–Trinajstić information content (AvgIpc) is 3.29. The van der Waals surface area contributed by atoms with Gasteiger partial charge in [0.2, 0.25) is 11.6 Å². The van der Waals surface area contributed by atoms with Crippen molar-refractivity contribution in [2.24, 2.45) is 0 Å². The second kappa shape index (κ2) is 8.25.